The molecule has 1 saturated carbocycles. The van der Waals surface area contributed by atoms with E-state index in [0.717, 1.165) is 43.2 Å². The lowest BCUT2D eigenvalue weighted by Gasteiger charge is -2.30. The second kappa shape index (κ2) is 7.99. The topological polar surface area (TPSA) is 71.3 Å². The second-order valence-electron chi connectivity index (χ2n) is 7.43. The second-order valence-corrected chi connectivity index (χ2v) is 7.43. The maximum atomic E-state index is 12.4. The lowest BCUT2D eigenvalue weighted by molar-refractivity contribution is -0.126. The van der Waals surface area contributed by atoms with Crippen LogP contribution in [0.15, 0.2) is 34.9 Å². The van der Waals surface area contributed by atoms with E-state index in [0.29, 0.717) is 19.0 Å². The number of hydrogen-bond donors (Lipinski definition) is 1. The van der Waals surface area contributed by atoms with Crippen LogP contribution >= 0.6 is 0 Å². The van der Waals surface area contributed by atoms with Crippen LogP contribution in [0.25, 0.3) is 0 Å². The highest BCUT2D eigenvalue weighted by molar-refractivity contribution is 5.78. The Hall–Kier alpha value is -2.21. The Kier molecular flexibility index (Phi) is 5.29. The molecule has 2 aliphatic rings. The van der Waals surface area contributed by atoms with Crippen molar-refractivity contribution in [1.29, 1.82) is 0 Å². The number of carbonyl (C=O) groups excluding carboxylic acids is 1. The van der Waals surface area contributed by atoms with Crippen LogP contribution in [0.1, 0.15) is 55.3 Å². The quantitative estimate of drug-likeness (QED) is 0.864. The van der Waals surface area contributed by atoms with Crippen LogP contribution in [-0.4, -0.2) is 34.0 Å². The fourth-order valence-corrected chi connectivity index (χ4v) is 3.64. The fraction of sp³-hybridized carbons (Fsp3) is 0.550. The smallest absolute Gasteiger partial charge is 0.229 e. The van der Waals surface area contributed by atoms with Gasteiger partial charge in [-0.25, -0.2) is 0 Å². The van der Waals surface area contributed by atoms with Crippen LogP contribution in [0.2, 0.25) is 0 Å². The lowest BCUT2D eigenvalue weighted by Crippen LogP contribution is -2.40. The lowest BCUT2D eigenvalue weighted by atomic mass is 9.85. The number of piperidine rings is 1. The highest BCUT2D eigenvalue weighted by Gasteiger charge is 2.28. The zero-order valence-corrected chi connectivity index (χ0v) is 15.1. The summed E-state index contributed by atoms with van der Waals surface area (Å²) in [5.74, 6) is 2.33. The predicted molar refractivity (Wildman–Crippen MR) is 97.2 cm³/mol. The third kappa shape index (κ3) is 4.12. The van der Waals surface area contributed by atoms with Crippen molar-refractivity contribution in [3.8, 4) is 0 Å². The molecule has 6 heteroatoms. The van der Waals surface area contributed by atoms with E-state index >= 15 is 0 Å². The SMILES string of the molecule is O=C(NCc1ccccc1)C1CCN(Cc2noc(C3CCC3)n2)CC1. The van der Waals surface area contributed by atoms with Crippen molar-refractivity contribution in [3.63, 3.8) is 0 Å². The first-order valence-corrected chi connectivity index (χ1v) is 9.64. The highest BCUT2D eigenvalue weighted by Crippen LogP contribution is 2.35. The third-order valence-corrected chi connectivity index (χ3v) is 5.57. The number of nitrogens with zero attached hydrogens (tertiary/aromatic N) is 3. The van der Waals surface area contributed by atoms with Gasteiger partial charge in [0.25, 0.3) is 0 Å². The van der Waals surface area contributed by atoms with Gasteiger partial charge < -0.3 is 9.84 Å². The van der Waals surface area contributed by atoms with Crippen LogP contribution < -0.4 is 5.32 Å². The van der Waals surface area contributed by atoms with Gasteiger partial charge in [-0.1, -0.05) is 41.9 Å². The zero-order valence-electron chi connectivity index (χ0n) is 15.1. The molecule has 2 heterocycles. The number of hydrogen-bond acceptors (Lipinski definition) is 5. The molecule has 0 unspecified atom stereocenters. The molecule has 6 nitrogen and oxygen atoms in total. The first kappa shape index (κ1) is 17.2. The Morgan fingerprint density at radius 3 is 2.62 bits per heavy atom. The summed E-state index contributed by atoms with van der Waals surface area (Å²) in [6, 6.07) is 10.0. The summed E-state index contributed by atoms with van der Waals surface area (Å²) in [6.07, 6.45) is 5.38. The minimum atomic E-state index is 0.103. The number of aromatic nitrogens is 2. The number of nitrogens with one attached hydrogen (secondary N) is 1. The van der Waals surface area contributed by atoms with Crippen LogP contribution in [0.5, 0.6) is 0 Å². The first-order valence-electron chi connectivity index (χ1n) is 9.64. The Labute approximate surface area is 154 Å². The van der Waals surface area contributed by atoms with Crippen molar-refractivity contribution in [3.05, 3.63) is 47.6 Å². The molecule has 1 aromatic heterocycles. The molecule has 1 aliphatic heterocycles. The summed E-state index contributed by atoms with van der Waals surface area (Å²) in [6.45, 7) is 3.12. The van der Waals surface area contributed by atoms with Gasteiger partial charge in [-0.3, -0.25) is 9.69 Å². The van der Waals surface area contributed by atoms with Crippen molar-refractivity contribution in [2.45, 2.75) is 51.1 Å². The summed E-state index contributed by atoms with van der Waals surface area (Å²) in [5, 5.41) is 7.19. The first-order chi connectivity index (χ1) is 12.8. The monoisotopic (exact) mass is 354 g/mol. The molecular formula is C20H26N4O2. The minimum Gasteiger partial charge on any atom is -0.352 e. The van der Waals surface area contributed by atoms with E-state index in [9.17, 15) is 4.79 Å². The number of benzene rings is 1. The average molecular weight is 354 g/mol. The molecule has 138 valence electrons. The van der Waals surface area contributed by atoms with Gasteiger partial charge in [0.2, 0.25) is 11.8 Å². The molecule has 2 aromatic rings. The molecule has 1 saturated heterocycles. The number of carbonyl (C=O) groups is 1. The van der Waals surface area contributed by atoms with Gasteiger partial charge in [0, 0.05) is 18.4 Å². The third-order valence-electron chi connectivity index (χ3n) is 5.57. The van der Waals surface area contributed by atoms with Gasteiger partial charge in [-0.2, -0.15) is 4.98 Å². The molecule has 0 radical (unpaired) electrons. The summed E-state index contributed by atoms with van der Waals surface area (Å²) in [7, 11) is 0. The van der Waals surface area contributed by atoms with E-state index < -0.39 is 0 Å². The maximum absolute atomic E-state index is 12.4. The molecule has 0 bridgehead atoms. The number of amides is 1. The van der Waals surface area contributed by atoms with Gasteiger partial charge in [0.05, 0.1) is 6.54 Å². The molecule has 1 aliphatic carbocycles. The summed E-state index contributed by atoms with van der Waals surface area (Å²) < 4.78 is 5.39. The molecule has 0 spiro atoms. The van der Waals surface area contributed by atoms with E-state index in [2.05, 4.69) is 20.4 Å². The molecule has 0 atom stereocenters. The Balaban J connectivity index is 1.21. The van der Waals surface area contributed by atoms with Crippen LogP contribution in [-0.2, 0) is 17.9 Å². The predicted octanol–water partition coefficient (Wildman–Crippen LogP) is 2.87. The van der Waals surface area contributed by atoms with Crippen molar-refractivity contribution < 1.29 is 9.32 Å². The standard InChI is InChI=1S/C20H26N4O2/c25-19(21-13-15-5-2-1-3-6-15)16-9-11-24(12-10-16)14-18-22-20(26-23-18)17-7-4-8-17/h1-3,5-6,16-17H,4,7-14H2,(H,21,25). The average Bonchev–Trinajstić information content (AvgIpc) is 3.07. The van der Waals surface area contributed by atoms with E-state index in [-0.39, 0.29) is 11.8 Å². The van der Waals surface area contributed by atoms with E-state index in [1.165, 1.54) is 19.3 Å². The molecular weight excluding hydrogens is 328 g/mol. The number of rotatable bonds is 6. The van der Waals surface area contributed by atoms with Gasteiger partial charge >= 0.3 is 0 Å². The van der Waals surface area contributed by atoms with Gasteiger partial charge in [0.1, 0.15) is 0 Å². The zero-order chi connectivity index (χ0) is 17.8. The molecule has 26 heavy (non-hydrogen) atoms. The van der Waals surface area contributed by atoms with Crippen molar-refractivity contribution >= 4 is 5.91 Å². The molecule has 1 N–H and O–H groups in total. The maximum Gasteiger partial charge on any atom is 0.229 e. The fourth-order valence-electron chi connectivity index (χ4n) is 3.64. The summed E-state index contributed by atoms with van der Waals surface area (Å²) >= 11 is 0. The molecule has 2 fully saturated rings. The van der Waals surface area contributed by atoms with Crippen molar-refractivity contribution in [2.24, 2.45) is 5.92 Å². The Morgan fingerprint density at radius 2 is 1.92 bits per heavy atom. The number of likely N-dealkylation sites (tertiary alicyclic amines) is 1. The summed E-state index contributed by atoms with van der Waals surface area (Å²) in [4.78, 5) is 19.2. The van der Waals surface area contributed by atoms with Crippen molar-refractivity contribution in [2.75, 3.05) is 13.1 Å². The minimum absolute atomic E-state index is 0.103. The van der Waals surface area contributed by atoms with Gasteiger partial charge in [-0.15, -0.1) is 0 Å². The molecule has 4 rings (SSSR count). The Bertz CT molecular complexity index is 718. The normalized spacial score (nSPS) is 19.2. The van der Waals surface area contributed by atoms with Gasteiger partial charge in [0.15, 0.2) is 5.82 Å². The van der Waals surface area contributed by atoms with E-state index in [1.54, 1.807) is 0 Å². The molecule has 1 aromatic carbocycles. The van der Waals surface area contributed by atoms with Crippen molar-refractivity contribution in [1.82, 2.24) is 20.4 Å². The van der Waals surface area contributed by atoms with Crippen LogP contribution in [0.3, 0.4) is 0 Å². The van der Waals surface area contributed by atoms with E-state index in [1.807, 2.05) is 30.3 Å². The summed E-state index contributed by atoms with van der Waals surface area (Å²) in [5.41, 5.74) is 1.14. The van der Waals surface area contributed by atoms with Gasteiger partial charge in [-0.05, 0) is 44.3 Å². The largest absolute Gasteiger partial charge is 0.352 e. The molecule has 1 amide bonds. The van der Waals surface area contributed by atoms with Crippen LogP contribution in [0, 0.1) is 5.92 Å². The highest BCUT2D eigenvalue weighted by atomic mass is 16.5. The van der Waals surface area contributed by atoms with E-state index in [4.69, 9.17) is 4.52 Å². The Morgan fingerprint density at radius 1 is 1.15 bits per heavy atom. The van der Waals surface area contributed by atoms with Crippen LogP contribution in [0.4, 0.5) is 0 Å².